The lowest BCUT2D eigenvalue weighted by Gasteiger charge is -2.20. The molecule has 0 aliphatic carbocycles. The Morgan fingerprint density at radius 1 is 1.75 bits per heavy atom. The van der Waals surface area contributed by atoms with Crippen LogP contribution >= 0.6 is 0 Å². The molecular weight excluding hydrogens is 108 g/mol. The fraction of sp³-hybridized carbons (Fsp3) is 0.750. The molecule has 1 amide bonds. The molecule has 1 aliphatic rings. The smallest absolute Gasteiger partial charge is 0.424 e. The molecule has 0 radical (unpaired) electrons. The second kappa shape index (κ2) is 2.00. The number of nitrogens with two attached hydrogens (primary N) is 1. The molecule has 0 aromatic heterocycles. The van der Waals surface area contributed by atoms with Crippen molar-refractivity contribution in [3.8, 4) is 0 Å². The van der Waals surface area contributed by atoms with Crippen molar-refractivity contribution < 1.29 is 9.53 Å². The molecular formula is C4H8N2O2. The van der Waals surface area contributed by atoms with Crippen LogP contribution in [0.1, 0.15) is 6.42 Å². The van der Waals surface area contributed by atoms with E-state index >= 15 is 0 Å². The summed E-state index contributed by atoms with van der Waals surface area (Å²) >= 11 is 0. The van der Waals surface area contributed by atoms with Crippen LogP contribution in [-0.4, -0.2) is 24.3 Å². The predicted octanol–water partition coefficient (Wildman–Crippen LogP) is -0.298. The molecule has 1 heterocycles. The molecule has 0 unspecified atom stereocenters. The third kappa shape index (κ3) is 0.894. The van der Waals surface area contributed by atoms with Crippen LogP contribution in [0.5, 0.6) is 0 Å². The topological polar surface area (TPSA) is 55.6 Å². The van der Waals surface area contributed by atoms with Crippen LogP contribution in [-0.2, 0) is 4.74 Å². The van der Waals surface area contributed by atoms with Gasteiger partial charge in [-0.05, 0) is 0 Å². The number of cyclic esters (lactones) is 1. The molecule has 4 nitrogen and oxygen atoms in total. The molecule has 0 spiro atoms. The molecule has 1 fully saturated rings. The molecule has 4 heteroatoms. The number of rotatable bonds is 0. The normalized spacial score (nSPS) is 20.6. The van der Waals surface area contributed by atoms with Gasteiger partial charge in [-0.1, -0.05) is 0 Å². The molecule has 0 aromatic carbocycles. The summed E-state index contributed by atoms with van der Waals surface area (Å²) in [5.41, 5.74) is 0. The van der Waals surface area contributed by atoms with Gasteiger partial charge in [-0.25, -0.2) is 15.6 Å². The molecule has 0 atom stereocenters. The van der Waals surface area contributed by atoms with Crippen molar-refractivity contribution in [1.29, 1.82) is 0 Å². The maximum atomic E-state index is 10.4. The van der Waals surface area contributed by atoms with E-state index in [-0.39, 0.29) is 0 Å². The van der Waals surface area contributed by atoms with Gasteiger partial charge in [0, 0.05) is 13.0 Å². The fourth-order valence-corrected chi connectivity index (χ4v) is 0.569. The van der Waals surface area contributed by atoms with Crippen LogP contribution in [0.15, 0.2) is 0 Å². The Hall–Kier alpha value is -0.770. The Morgan fingerprint density at radius 3 is 2.88 bits per heavy atom. The van der Waals surface area contributed by atoms with Crippen molar-refractivity contribution in [2.45, 2.75) is 6.42 Å². The van der Waals surface area contributed by atoms with Gasteiger partial charge in [-0.2, -0.15) is 0 Å². The quantitative estimate of drug-likeness (QED) is 0.349. The monoisotopic (exact) mass is 116 g/mol. The summed E-state index contributed by atoms with van der Waals surface area (Å²) in [5, 5.41) is 1.07. The average Bonchev–Trinajstić information content (AvgIpc) is 1.77. The lowest BCUT2D eigenvalue weighted by Crippen LogP contribution is -2.42. The summed E-state index contributed by atoms with van der Waals surface area (Å²) in [7, 11) is 0. The van der Waals surface area contributed by atoms with Gasteiger partial charge in [0.05, 0.1) is 6.61 Å². The summed E-state index contributed by atoms with van der Waals surface area (Å²) in [4.78, 5) is 10.4. The first kappa shape index (κ1) is 5.37. The van der Waals surface area contributed by atoms with Gasteiger partial charge in [-0.3, -0.25) is 0 Å². The average molecular weight is 116 g/mol. The Balaban J connectivity index is 2.39. The predicted molar refractivity (Wildman–Crippen MR) is 26.9 cm³/mol. The van der Waals surface area contributed by atoms with Crippen LogP contribution in [0.3, 0.4) is 0 Å². The van der Waals surface area contributed by atoms with Crippen LogP contribution in [0.25, 0.3) is 0 Å². The number of hydrazine groups is 1. The first-order valence-electron chi connectivity index (χ1n) is 2.49. The molecule has 1 saturated heterocycles. The summed E-state index contributed by atoms with van der Waals surface area (Å²) in [6.45, 7) is 1.12. The minimum atomic E-state index is -0.420. The van der Waals surface area contributed by atoms with Crippen molar-refractivity contribution in [3.63, 3.8) is 0 Å². The highest BCUT2D eigenvalue weighted by Gasteiger charge is 2.14. The molecule has 46 valence electrons. The largest absolute Gasteiger partial charge is 0.448 e. The highest BCUT2D eigenvalue weighted by molar-refractivity contribution is 5.67. The van der Waals surface area contributed by atoms with E-state index in [1.54, 1.807) is 0 Å². The number of amides is 1. The molecule has 8 heavy (non-hydrogen) atoms. The van der Waals surface area contributed by atoms with Crippen molar-refractivity contribution >= 4 is 6.09 Å². The molecule has 1 rings (SSSR count). The zero-order valence-corrected chi connectivity index (χ0v) is 4.46. The van der Waals surface area contributed by atoms with Crippen molar-refractivity contribution in [3.05, 3.63) is 0 Å². The van der Waals surface area contributed by atoms with Gasteiger partial charge < -0.3 is 4.74 Å². The number of ether oxygens (including phenoxy) is 1. The minimum Gasteiger partial charge on any atom is -0.448 e. The van der Waals surface area contributed by atoms with Crippen molar-refractivity contribution in [2.75, 3.05) is 13.2 Å². The maximum Gasteiger partial charge on any atom is 0.424 e. The molecule has 0 bridgehead atoms. The van der Waals surface area contributed by atoms with Crippen molar-refractivity contribution in [1.82, 2.24) is 5.01 Å². The summed E-state index contributed by atoms with van der Waals surface area (Å²) < 4.78 is 4.55. The van der Waals surface area contributed by atoms with E-state index in [4.69, 9.17) is 5.84 Å². The van der Waals surface area contributed by atoms with Gasteiger partial charge in [0.2, 0.25) is 0 Å². The molecule has 2 N–H and O–H groups in total. The lowest BCUT2D eigenvalue weighted by atomic mass is 10.4. The van der Waals surface area contributed by atoms with Crippen LogP contribution in [0, 0.1) is 0 Å². The third-order valence-corrected chi connectivity index (χ3v) is 1.00. The summed E-state index contributed by atoms with van der Waals surface area (Å²) in [5.74, 6) is 5.14. The zero-order valence-electron chi connectivity index (χ0n) is 4.46. The number of hydrogen-bond acceptors (Lipinski definition) is 3. The Labute approximate surface area is 47.2 Å². The second-order valence-electron chi connectivity index (χ2n) is 1.66. The first-order chi connectivity index (χ1) is 3.80. The summed E-state index contributed by atoms with van der Waals surface area (Å²) in [6.07, 6.45) is 0.415. The van der Waals surface area contributed by atoms with Gasteiger partial charge in [-0.15, -0.1) is 0 Å². The highest BCUT2D eigenvalue weighted by atomic mass is 16.6. The number of hydrogen-bond donors (Lipinski definition) is 1. The standard InChI is InChI=1S/C4H8N2O2/c5-6-2-1-3-8-4(6)7/h1-3,5H2. The lowest BCUT2D eigenvalue weighted by molar-refractivity contribution is 0.0730. The number of carbonyl (C=O) groups is 1. The molecule has 1 aliphatic heterocycles. The minimum absolute atomic E-state index is 0.420. The Morgan fingerprint density at radius 2 is 2.50 bits per heavy atom. The van der Waals surface area contributed by atoms with E-state index in [1.807, 2.05) is 0 Å². The second-order valence-corrected chi connectivity index (χ2v) is 1.66. The van der Waals surface area contributed by atoms with E-state index in [9.17, 15) is 4.79 Å². The zero-order chi connectivity index (χ0) is 5.98. The van der Waals surface area contributed by atoms with Gasteiger partial charge in [0.1, 0.15) is 0 Å². The van der Waals surface area contributed by atoms with E-state index < -0.39 is 6.09 Å². The summed E-state index contributed by atoms with van der Waals surface area (Å²) in [6, 6.07) is 0. The SMILES string of the molecule is NN1CCCOC1=O. The van der Waals surface area contributed by atoms with Crippen LogP contribution in [0.4, 0.5) is 4.79 Å². The third-order valence-electron chi connectivity index (χ3n) is 1.00. The number of carbonyl (C=O) groups excluding carboxylic acids is 1. The van der Waals surface area contributed by atoms with E-state index in [2.05, 4.69) is 4.74 Å². The first-order valence-corrected chi connectivity index (χ1v) is 2.49. The van der Waals surface area contributed by atoms with E-state index in [0.717, 1.165) is 11.4 Å². The van der Waals surface area contributed by atoms with Gasteiger partial charge in [0.25, 0.3) is 0 Å². The number of nitrogens with zero attached hydrogens (tertiary/aromatic N) is 1. The van der Waals surface area contributed by atoms with Gasteiger partial charge >= 0.3 is 6.09 Å². The van der Waals surface area contributed by atoms with Crippen molar-refractivity contribution in [2.24, 2.45) is 5.84 Å². The Bertz CT molecular complexity index is 104. The fourth-order valence-electron chi connectivity index (χ4n) is 0.569. The molecule has 0 saturated carbocycles. The Kier molecular flexibility index (Phi) is 1.34. The van der Waals surface area contributed by atoms with Gasteiger partial charge in [0.15, 0.2) is 0 Å². The molecule has 0 aromatic rings. The maximum absolute atomic E-state index is 10.4. The highest BCUT2D eigenvalue weighted by Crippen LogP contribution is 1.97. The van der Waals surface area contributed by atoms with E-state index in [0.29, 0.717) is 13.2 Å². The van der Waals surface area contributed by atoms with Crippen LogP contribution < -0.4 is 5.84 Å². The van der Waals surface area contributed by atoms with E-state index in [1.165, 1.54) is 0 Å². The van der Waals surface area contributed by atoms with Crippen LogP contribution in [0.2, 0.25) is 0 Å².